The lowest BCUT2D eigenvalue weighted by Crippen LogP contribution is -2.28. The van der Waals surface area contributed by atoms with Gasteiger partial charge in [0, 0.05) is 39.2 Å². The zero-order valence-electron chi connectivity index (χ0n) is 41.7. The van der Waals surface area contributed by atoms with Crippen molar-refractivity contribution < 1.29 is 4.42 Å². The third-order valence-corrected chi connectivity index (χ3v) is 15.3. The summed E-state index contributed by atoms with van der Waals surface area (Å²) < 4.78 is 7.06. The molecule has 0 aliphatic heterocycles. The second-order valence-electron chi connectivity index (χ2n) is 19.5. The summed E-state index contributed by atoms with van der Waals surface area (Å²) in [5.74, 6) is 0. The number of anilines is 6. The first-order valence-corrected chi connectivity index (χ1v) is 26.1. The quantitative estimate of drug-likeness (QED) is 0.129. The highest BCUT2D eigenvalue weighted by Gasteiger charge is 2.46. The van der Waals surface area contributed by atoms with Gasteiger partial charge in [0.05, 0.1) is 11.1 Å². The fourth-order valence-electron chi connectivity index (χ4n) is 12.1. The molecule has 76 heavy (non-hydrogen) atoms. The van der Waals surface area contributed by atoms with E-state index < -0.39 is 5.41 Å². The Labute approximate surface area is 443 Å². The SMILES string of the molecule is c1ccc(-c2cccc(-c3ccccc3)c2-c2cc(N(c3ccccc3)c3ccccc3)cc(N(c3ccc4c(c3)C(c3ccccc3)(c3ccccc3)c3ccccc3-4)c3cccc4c3oc3ccccc34)c2)cc1. The summed E-state index contributed by atoms with van der Waals surface area (Å²) in [6.45, 7) is 0. The summed E-state index contributed by atoms with van der Waals surface area (Å²) in [5, 5.41) is 2.14. The van der Waals surface area contributed by atoms with Crippen molar-refractivity contribution in [2.24, 2.45) is 0 Å². The molecule has 12 aromatic carbocycles. The van der Waals surface area contributed by atoms with Gasteiger partial charge in [-0.15, -0.1) is 0 Å². The largest absolute Gasteiger partial charge is 0.454 e. The van der Waals surface area contributed by atoms with Crippen LogP contribution in [0.3, 0.4) is 0 Å². The summed E-state index contributed by atoms with van der Waals surface area (Å²) in [4.78, 5) is 4.83. The molecule has 1 aliphatic rings. The molecule has 358 valence electrons. The molecule has 0 saturated carbocycles. The molecule has 14 rings (SSSR count). The van der Waals surface area contributed by atoms with E-state index in [-0.39, 0.29) is 0 Å². The van der Waals surface area contributed by atoms with E-state index in [1.165, 1.54) is 33.4 Å². The van der Waals surface area contributed by atoms with Crippen LogP contribution in [0.1, 0.15) is 22.3 Å². The lowest BCUT2D eigenvalue weighted by atomic mass is 9.67. The average molecular weight is 971 g/mol. The highest BCUT2D eigenvalue weighted by molar-refractivity contribution is 6.11. The number of fused-ring (bicyclic) bond motifs is 6. The third kappa shape index (κ3) is 7.43. The van der Waals surface area contributed by atoms with E-state index in [1.807, 2.05) is 0 Å². The Morgan fingerprint density at radius 3 is 1.37 bits per heavy atom. The van der Waals surface area contributed by atoms with Gasteiger partial charge in [0.25, 0.3) is 0 Å². The Hall–Kier alpha value is -9.96. The maximum Gasteiger partial charge on any atom is 0.159 e. The number of furan rings is 1. The first-order chi connectivity index (χ1) is 37.7. The zero-order valence-corrected chi connectivity index (χ0v) is 41.7. The van der Waals surface area contributed by atoms with Crippen LogP contribution in [0.15, 0.2) is 308 Å². The summed E-state index contributed by atoms with van der Waals surface area (Å²) in [6, 6.07) is 110. The molecule has 0 fully saturated rings. The molecule has 13 aromatic rings. The van der Waals surface area contributed by atoms with Crippen molar-refractivity contribution in [3.05, 3.63) is 326 Å². The van der Waals surface area contributed by atoms with Crippen LogP contribution in [-0.2, 0) is 5.41 Å². The molecule has 1 aromatic heterocycles. The molecule has 1 aliphatic carbocycles. The first-order valence-electron chi connectivity index (χ1n) is 26.1. The third-order valence-electron chi connectivity index (χ3n) is 15.3. The predicted molar refractivity (Wildman–Crippen MR) is 317 cm³/mol. The first kappa shape index (κ1) is 44.7. The molecule has 0 bridgehead atoms. The van der Waals surface area contributed by atoms with Gasteiger partial charge in [-0.2, -0.15) is 0 Å². The monoisotopic (exact) mass is 970 g/mol. The van der Waals surface area contributed by atoms with Crippen LogP contribution < -0.4 is 9.80 Å². The number of para-hydroxylation sites is 4. The van der Waals surface area contributed by atoms with E-state index in [2.05, 4.69) is 313 Å². The summed E-state index contributed by atoms with van der Waals surface area (Å²) in [7, 11) is 0. The van der Waals surface area contributed by atoms with Gasteiger partial charge in [-0.25, -0.2) is 0 Å². The molecular formula is C73H50N2O. The normalized spacial score (nSPS) is 12.3. The molecule has 0 radical (unpaired) electrons. The number of benzene rings is 12. The molecule has 3 heteroatoms. The van der Waals surface area contributed by atoms with Gasteiger partial charge in [0.2, 0.25) is 0 Å². The van der Waals surface area contributed by atoms with E-state index in [1.54, 1.807) is 0 Å². The predicted octanol–water partition coefficient (Wildman–Crippen LogP) is 19.9. The highest BCUT2D eigenvalue weighted by atomic mass is 16.3. The molecule has 0 spiro atoms. The van der Waals surface area contributed by atoms with E-state index in [0.29, 0.717) is 0 Å². The van der Waals surface area contributed by atoms with Crippen molar-refractivity contribution in [2.75, 3.05) is 9.80 Å². The fourth-order valence-corrected chi connectivity index (χ4v) is 12.1. The van der Waals surface area contributed by atoms with E-state index >= 15 is 0 Å². The van der Waals surface area contributed by atoms with Crippen molar-refractivity contribution in [1.29, 1.82) is 0 Å². The zero-order chi connectivity index (χ0) is 50.4. The number of rotatable bonds is 11. The summed E-state index contributed by atoms with van der Waals surface area (Å²) in [6.07, 6.45) is 0. The molecular weight excluding hydrogens is 921 g/mol. The minimum absolute atomic E-state index is 0.620. The second-order valence-corrected chi connectivity index (χ2v) is 19.5. The Balaban J connectivity index is 1.12. The summed E-state index contributed by atoms with van der Waals surface area (Å²) in [5.41, 5.74) is 21.2. The van der Waals surface area contributed by atoms with Crippen LogP contribution in [0.2, 0.25) is 0 Å². The van der Waals surface area contributed by atoms with Crippen LogP contribution in [0.25, 0.3) is 66.4 Å². The molecule has 0 unspecified atom stereocenters. The maximum absolute atomic E-state index is 7.06. The lowest BCUT2D eigenvalue weighted by molar-refractivity contribution is 0.669. The minimum atomic E-state index is -0.620. The molecule has 0 atom stereocenters. The van der Waals surface area contributed by atoms with Gasteiger partial charge in [0.1, 0.15) is 5.58 Å². The van der Waals surface area contributed by atoms with Crippen molar-refractivity contribution in [2.45, 2.75) is 5.41 Å². The highest BCUT2D eigenvalue weighted by Crippen LogP contribution is 2.58. The van der Waals surface area contributed by atoms with E-state index in [4.69, 9.17) is 4.42 Å². The number of hydrogen-bond acceptors (Lipinski definition) is 3. The Bertz CT molecular complexity index is 4070. The lowest BCUT2D eigenvalue weighted by Gasteiger charge is -2.35. The molecule has 3 nitrogen and oxygen atoms in total. The van der Waals surface area contributed by atoms with Crippen LogP contribution in [-0.4, -0.2) is 0 Å². The van der Waals surface area contributed by atoms with Crippen LogP contribution in [0.5, 0.6) is 0 Å². The number of hydrogen-bond donors (Lipinski definition) is 0. The van der Waals surface area contributed by atoms with Gasteiger partial charge in [-0.3, -0.25) is 0 Å². The van der Waals surface area contributed by atoms with E-state index in [9.17, 15) is 0 Å². The molecule has 0 amide bonds. The van der Waals surface area contributed by atoms with Crippen molar-refractivity contribution in [3.63, 3.8) is 0 Å². The van der Waals surface area contributed by atoms with Gasteiger partial charge in [0.15, 0.2) is 5.58 Å². The fraction of sp³-hybridized carbons (Fsp3) is 0.0137. The van der Waals surface area contributed by atoms with Crippen molar-refractivity contribution in [1.82, 2.24) is 0 Å². The van der Waals surface area contributed by atoms with Crippen molar-refractivity contribution in [3.8, 4) is 44.5 Å². The van der Waals surface area contributed by atoms with Gasteiger partial charge < -0.3 is 14.2 Å². The Morgan fingerprint density at radius 1 is 0.276 bits per heavy atom. The van der Waals surface area contributed by atoms with Crippen LogP contribution in [0.4, 0.5) is 34.1 Å². The standard InChI is InChI=1S/C73H50N2O/c1-7-25-51(26-8-1)61-39-23-40-62(52-27-9-2-10-28-52)71(61)53-47-59(74(56-33-15-5-16-34-56)57-35-17-6-18-36-57)49-60(48-53)75(69-43-24-41-66-65-38-20-22-44-70(65)76-72(66)69)58-45-46-64-63-37-19-21-42-67(63)73(68(64)50-58,54-29-11-3-12-30-54)55-31-13-4-14-32-55/h1-50H. The van der Waals surface area contributed by atoms with Crippen LogP contribution >= 0.6 is 0 Å². The minimum Gasteiger partial charge on any atom is -0.454 e. The Morgan fingerprint density at radius 2 is 0.750 bits per heavy atom. The topological polar surface area (TPSA) is 19.6 Å². The average Bonchev–Trinajstić information content (AvgIpc) is 4.18. The second kappa shape index (κ2) is 18.8. The van der Waals surface area contributed by atoms with Crippen molar-refractivity contribution >= 4 is 56.1 Å². The van der Waals surface area contributed by atoms with Gasteiger partial charge >= 0.3 is 0 Å². The smallest absolute Gasteiger partial charge is 0.159 e. The molecule has 0 N–H and O–H groups in total. The van der Waals surface area contributed by atoms with Crippen LogP contribution in [0, 0.1) is 0 Å². The number of nitrogens with zero attached hydrogens (tertiary/aromatic N) is 2. The van der Waals surface area contributed by atoms with E-state index in [0.717, 1.165) is 89.4 Å². The summed E-state index contributed by atoms with van der Waals surface area (Å²) >= 11 is 0. The maximum atomic E-state index is 7.06. The van der Waals surface area contributed by atoms with Gasteiger partial charge in [-0.1, -0.05) is 237 Å². The molecule has 1 heterocycles. The Kier molecular flexibility index (Phi) is 11.1. The molecule has 0 saturated heterocycles. The van der Waals surface area contributed by atoms with Gasteiger partial charge in [-0.05, 0) is 133 Å².